The zero-order chi connectivity index (χ0) is 18.2. The summed E-state index contributed by atoms with van der Waals surface area (Å²) >= 11 is 0. The summed E-state index contributed by atoms with van der Waals surface area (Å²) < 4.78 is 5.45. The molecule has 1 fully saturated rings. The van der Waals surface area contributed by atoms with E-state index in [1.807, 2.05) is 18.2 Å². The Morgan fingerprint density at radius 1 is 1.48 bits per heavy atom. The van der Waals surface area contributed by atoms with Crippen LogP contribution in [0.4, 0.5) is 0 Å². The first-order valence-electron chi connectivity index (χ1n) is 8.92. The SMILES string of the molecule is CN=C(NCC(C)c1ccccc1OC)N1CCCC(CC(N)=O)C1. The third-order valence-corrected chi connectivity index (χ3v) is 4.76. The minimum atomic E-state index is -0.223. The van der Waals surface area contributed by atoms with Gasteiger partial charge in [0.2, 0.25) is 5.91 Å². The second-order valence-electron chi connectivity index (χ2n) is 6.70. The molecule has 1 heterocycles. The minimum absolute atomic E-state index is 0.223. The Kier molecular flexibility index (Phi) is 7.10. The van der Waals surface area contributed by atoms with E-state index in [-0.39, 0.29) is 5.91 Å². The summed E-state index contributed by atoms with van der Waals surface area (Å²) in [7, 11) is 3.50. The molecule has 3 N–H and O–H groups in total. The lowest BCUT2D eigenvalue weighted by Gasteiger charge is -2.35. The fraction of sp³-hybridized carbons (Fsp3) is 0.579. The molecule has 2 unspecified atom stereocenters. The van der Waals surface area contributed by atoms with Gasteiger partial charge >= 0.3 is 0 Å². The van der Waals surface area contributed by atoms with Gasteiger partial charge in [0.25, 0.3) is 0 Å². The molecule has 1 aromatic carbocycles. The van der Waals surface area contributed by atoms with Crippen molar-refractivity contribution in [3.05, 3.63) is 29.8 Å². The van der Waals surface area contributed by atoms with Gasteiger partial charge in [-0.25, -0.2) is 0 Å². The Balaban J connectivity index is 1.94. The maximum atomic E-state index is 11.2. The van der Waals surface area contributed by atoms with Gasteiger partial charge in [-0.15, -0.1) is 0 Å². The molecule has 0 radical (unpaired) electrons. The van der Waals surface area contributed by atoms with Crippen LogP contribution < -0.4 is 15.8 Å². The number of nitrogens with one attached hydrogen (secondary N) is 1. The number of carbonyl (C=O) groups excluding carboxylic acids is 1. The molecule has 6 nitrogen and oxygen atoms in total. The molecule has 1 aromatic rings. The van der Waals surface area contributed by atoms with Crippen molar-refractivity contribution in [2.75, 3.05) is 33.8 Å². The highest BCUT2D eigenvalue weighted by molar-refractivity contribution is 5.80. The van der Waals surface area contributed by atoms with Crippen molar-refractivity contribution in [1.82, 2.24) is 10.2 Å². The molecule has 0 saturated carbocycles. The lowest BCUT2D eigenvalue weighted by atomic mass is 9.94. The number of amides is 1. The van der Waals surface area contributed by atoms with Gasteiger partial charge in [0.15, 0.2) is 5.96 Å². The number of benzene rings is 1. The fourth-order valence-electron chi connectivity index (χ4n) is 3.47. The zero-order valence-electron chi connectivity index (χ0n) is 15.5. The van der Waals surface area contributed by atoms with E-state index in [1.54, 1.807) is 14.2 Å². The van der Waals surface area contributed by atoms with Crippen LogP contribution in [0.1, 0.15) is 37.7 Å². The highest BCUT2D eigenvalue weighted by Crippen LogP contribution is 2.25. The van der Waals surface area contributed by atoms with E-state index in [4.69, 9.17) is 10.5 Å². The third kappa shape index (κ3) is 5.37. The number of aliphatic imine (C=N–C) groups is 1. The summed E-state index contributed by atoms with van der Waals surface area (Å²) in [6.07, 6.45) is 2.56. The van der Waals surface area contributed by atoms with Crippen molar-refractivity contribution >= 4 is 11.9 Å². The number of likely N-dealkylation sites (tertiary alicyclic amines) is 1. The molecular formula is C19H30N4O2. The van der Waals surface area contributed by atoms with Gasteiger partial charge in [0.05, 0.1) is 7.11 Å². The van der Waals surface area contributed by atoms with Gasteiger partial charge in [-0.05, 0) is 30.4 Å². The van der Waals surface area contributed by atoms with Gasteiger partial charge in [-0.1, -0.05) is 25.1 Å². The first-order valence-corrected chi connectivity index (χ1v) is 8.92. The molecule has 0 spiro atoms. The van der Waals surface area contributed by atoms with E-state index in [0.717, 1.165) is 44.2 Å². The smallest absolute Gasteiger partial charge is 0.217 e. The molecule has 6 heteroatoms. The molecular weight excluding hydrogens is 316 g/mol. The molecule has 0 aliphatic carbocycles. The molecule has 1 amide bonds. The van der Waals surface area contributed by atoms with Gasteiger partial charge in [0, 0.05) is 39.0 Å². The van der Waals surface area contributed by atoms with Crippen LogP contribution in [0.3, 0.4) is 0 Å². The number of nitrogens with zero attached hydrogens (tertiary/aromatic N) is 2. The Bertz CT molecular complexity index is 603. The number of para-hydroxylation sites is 1. The monoisotopic (exact) mass is 346 g/mol. The van der Waals surface area contributed by atoms with Crippen LogP contribution in [0.25, 0.3) is 0 Å². The number of carbonyl (C=O) groups is 1. The summed E-state index contributed by atoms with van der Waals surface area (Å²) in [5, 5.41) is 3.47. The summed E-state index contributed by atoms with van der Waals surface area (Å²) in [6.45, 7) is 4.72. The number of hydrogen-bond donors (Lipinski definition) is 2. The van der Waals surface area contributed by atoms with E-state index in [0.29, 0.717) is 18.3 Å². The third-order valence-electron chi connectivity index (χ3n) is 4.76. The van der Waals surface area contributed by atoms with Crippen molar-refractivity contribution in [2.24, 2.45) is 16.6 Å². The van der Waals surface area contributed by atoms with Crippen LogP contribution in [0.5, 0.6) is 5.75 Å². The Morgan fingerprint density at radius 2 is 2.24 bits per heavy atom. The Labute approximate surface area is 150 Å². The minimum Gasteiger partial charge on any atom is -0.496 e. The maximum absolute atomic E-state index is 11.2. The van der Waals surface area contributed by atoms with Crippen molar-refractivity contribution in [3.63, 3.8) is 0 Å². The van der Waals surface area contributed by atoms with E-state index >= 15 is 0 Å². The molecule has 2 atom stereocenters. The largest absolute Gasteiger partial charge is 0.496 e. The van der Waals surface area contributed by atoms with Gasteiger partial charge in [-0.2, -0.15) is 0 Å². The predicted octanol–water partition coefficient (Wildman–Crippen LogP) is 1.96. The quantitative estimate of drug-likeness (QED) is 0.609. The van der Waals surface area contributed by atoms with Gasteiger partial charge in [-0.3, -0.25) is 9.79 Å². The molecule has 1 aliphatic rings. The first kappa shape index (κ1) is 19.1. The molecule has 138 valence electrons. The second kappa shape index (κ2) is 9.30. The normalized spacial score (nSPS) is 19.4. The summed E-state index contributed by atoms with van der Waals surface area (Å²) in [6, 6.07) is 8.09. The van der Waals surface area contributed by atoms with Crippen LogP contribution in [0.2, 0.25) is 0 Å². The van der Waals surface area contributed by atoms with Crippen LogP contribution in [-0.4, -0.2) is 50.6 Å². The lowest BCUT2D eigenvalue weighted by Crippen LogP contribution is -2.47. The number of methoxy groups -OCH3 is 1. The lowest BCUT2D eigenvalue weighted by molar-refractivity contribution is -0.119. The number of guanidine groups is 1. The van der Waals surface area contributed by atoms with Crippen molar-refractivity contribution < 1.29 is 9.53 Å². The van der Waals surface area contributed by atoms with Crippen LogP contribution in [0.15, 0.2) is 29.3 Å². The van der Waals surface area contributed by atoms with Crippen LogP contribution >= 0.6 is 0 Å². The number of piperidine rings is 1. The molecule has 0 bridgehead atoms. The molecule has 1 aliphatic heterocycles. The number of ether oxygens (including phenoxy) is 1. The van der Waals surface area contributed by atoms with Crippen molar-refractivity contribution in [2.45, 2.75) is 32.1 Å². The topological polar surface area (TPSA) is 80.0 Å². The average molecular weight is 346 g/mol. The zero-order valence-corrected chi connectivity index (χ0v) is 15.5. The molecule has 25 heavy (non-hydrogen) atoms. The highest BCUT2D eigenvalue weighted by atomic mass is 16.5. The Hall–Kier alpha value is -2.24. The van der Waals surface area contributed by atoms with Gasteiger partial charge < -0.3 is 20.7 Å². The standard InChI is InChI=1S/C19H30N4O2/c1-14(16-8-4-5-9-17(16)25-3)12-22-19(21-2)23-10-6-7-15(13-23)11-18(20)24/h4-5,8-9,14-15H,6-7,10-13H2,1-3H3,(H2,20,24)(H,21,22). The summed E-state index contributed by atoms with van der Waals surface area (Å²) in [5.41, 5.74) is 6.53. The van der Waals surface area contributed by atoms with E-state index < -0.39 is 0 Å². The van der Waals surface area contributed by atoms with Crippen molar-refractivity contribution in [1.29, 1.82) is 0 Å². The second-order valence-corrected chi connectivity index (χ2v) is 6.70. The van der Waals surface area contributed by atoms with E-state index in [9.17, 15) is 4.79 Å². The number of nitrogens with two attached hydrogens (primary N) is 1. The summed E-state index contributed by atoms with van der Waals surface area (Å²) in [5.74, 6) is 2.18. The highest BCUT2D eigenvalue weighted by Gasteiger charge is 2.24. The van der Waals surface area contributed by atoms with E-state index in [2.05, 4.69) is 28.2 Å². The number of primary amides is 1. The van der Waals surface area contributed by atoms with Crippen LogP contribution in [-0.2, 0) is 4.79 Å². The molecule has 2 rings (SSSR count). The van der Waals surface area contributed by atoms with Crippen molar-refractivity contribution in [3.8, 4) is 5.75 Å². The molecule has 0 aromatic heterocycles. The Morgan fingerprint density at radius 3 is 2.92 bits per heavy atom. The summed E-state index contributed by atoms with van der Waals surface area (Å²) in [4.78, 5) is 17.8. The van der Waals surface area contributed by atoms with Crippen LogP contribution in [0, 0.1) is 5.92 Å². The predicted molar refractivity (Wildman–Crippen MR) is 101 cm³/mol. The molecule has 1 saturated heterocycles. The number of rotatable bonds is 6. The maximum Gasteiger partial charge on any atom is 0.217 e. The van der Waals surface area contributed by atoms with E-state index in [1.165, 1.54) is 5.56 Å². The number of hydrogen-bond acceptors (Lipinski definition) is 3. The van der Waals surface area contributed by atoms with Gasteiger partial charge in [0.1, 0.15) is 5.75 Å². The first-order chi connectivity index (χ1) is 12.0. The fourth-order valence-corrected chi connectivity index (χ4v) is 3.47. The average Bonchev–Trinajstić information content (AvgIpc) is 2.61.